The Labute approximate surface area is 209 Å². The van der Waals surface area contributed by atoms with Crippen LogP contribution in [0.25, 0.3) is 5.57 Å². The molecular formula is C31H25NO4. The zero-order valence-corrected chi connectivity index (χ0v) is 19.8. The summed E-state index contributed by atoms with van der Waals surface area (Å²) in [5.74, 6) is -2.37. The van der Waals surface area contributed by atoms with Gasteiger partial charge in [0.05, 0.1) is 29.7 Å². The minimum atomic E-state index is -0.539. The number of nitrogens with zero attached hydrogens (tertiary/aromatic N) is 1. The van der Waals surface area contributed by atoms with Gasteiger partial charge in [-0.15, -0.1) is 0 Å². The molecule has 6 rings (SSSR count). The molecule has 2 aliphatic carbocycles. The van der Waals surface area contributed by atoms with E-state index in [1.165, 1.54) is 4.90 Å². The Kier molecular flexibility index (Phi) is 5.41. The number of allylic oxidation sites excluding steroid dienone is 3. The van der Waals surface area contributed by atoms with E-state index in [4.69, 9.17) is 4.74 Å². The van der Waals surface area contributed by atoms with E-state index >= 15 is 0 Å². The van der Waals surface area contributed by atoms with Gasteiger partial charge in [-0.3, -0.25) is 9.59 Å². The average Bonchev–Trinajstić information content (AvgIpc) is 3.54. The van der Waals surface area contributed by atoms with E-state index in [0.29, 0.717) is 5.69 Å². The molecule has 5 nitrogen and oxygen atoms in total. The second kappa shape index (κ2) is 8.76. The summed E-state index contributed by atoms with van der Waals surface area (Å²) in [5, 5.41) is 0. The first-order valence-electron chi connectivity index (χ1n) is 12.3. The Hall–Kier alpha value is -4.25. The van der Waals surface area contributed by atoms with E-state index in [0.717, 1.165) is 22.3 Å². The zero-order chi connectivity index (χ0) is 24.8. The highest BCUT2D eigenvalue weighted by Crippen LogP contribution is 2.59. The maximum Gasteiger partial charge on any atom is 0.340 e. The second-order valence-corrected chi connectivity index (χ2v) is 9.30. The first-order chi connectivity index (χ1) is 17.6. The summed E-state index contributed by atoms with van der Waals surface area (Å²) >= 11 is 0. The largest absolute Gasteiger partial charge is 0.462 e. The molecule has 36 heavy (non-hydrogen) atoms. The van der Waals surface area contributed by atoms with Crippen LogP contribution in [0.5, 0.6) is 0 Å². The molecule has 2 amide bonds. The van der Waals surface area contributed by atoms with Crippen molar-refractivity contribution in [2.24, 2.45) is 23.7 Å². The maximum atomic E-state index is 13.9. The van der Waals surface area contributed by atoms with Crippen molar-refractivity contribution in [2.45, 2.75) is 6.92 Å². The van der Waals surface area contributed by atoms with Crippen molar-refractivity contribution in [1.82, 2.24) is 0 Å². The number of hydrogen-bond acceptors (Lipinski definition) is 4. The van der Waals surface area contributed by atoms with E-state index in [-0.39, 0.29) is 35.8 Å². The molecule has 0 N–H and O–H groups in total. The monoisotopic (exact) mass is 475 g/mol. The van der Waals surface area contributed by atoms with Crippen LogP contribution in [0.1, 0.15) is 28.4 Å². The number of ether oxygens (including phenoxy) is 1. The number of imide groups is 1. The van der Waals surface area contributed by atoms with Gasteiger partial charge in [0.15, 0.2) is 0 Å². The van der Waals surface area contributed by atoms with E-state index in [2.05, 4.69) is 36.4 Å². The summed E-state index contributed by atoms with van der Waals surface area (Å²) in [5.41, 5.74) is 4.89. The highest BCUT2D eigenvalue weighted by Gasteiger charge is 2.62. The van der Waals surface area contributed by atoms with Gasteiger partial charge in [-0.2, -0.15) is 0 Å². The summed E-state index contributed by atoms with van der Waals surface area (Å²) in [6.45, 7) is 1.94. The van der Waals surface area contributed by atoms with E-state index in [9.17, 15) is 14.4 Å². The van der Waals surface area contributed by atoms with Gasteiger partial charge >= 0.3 is 5.97 Å². The summed E-state index contributed by atoms with van der Waals surface area (Å²) in [4.78, 5) is 41.5. The minimum absolute atomic E-state index is 0.174. The summed E-state index contributed by atoms with van der Waals surface area (Å²) in [7, 11) is 0. The van der Waals surface area contributed by atoms with Gasteiger partial charge in [0.1, 0.15) is 0 Å². The van der Waals surface area contributed by atoms with Gasteiger partial charge in [0.25, 0.3) is 0 Å². The minimum Gasteiger partial charge on any atom is -0.462 e. The molecule has 1 saturated carbocycles. The molecule has 0 radical (unpaired) electrons. The molecule has 3 aromatic rings. The van der Waals surface area contributed by atoms with Crippen molar-refractivity contribution >= 4 is 29.0 Å². The molecule has 2 fully saturated rings. The molecule has 0 unspecified atom stereocenters. The van der Waals surface area contributed by atoms with E-state index in [1.807, 2.05) is 36.4 Å². The SMILES string of the molecule is CCOC(=O)c1ccccc1N1C(=O)[C@@H]2[C@H](C1=O)[C@@H]1C=C[C@H]2C1=C(c1ccccc1)c1ccccc1. The van der Waals surface area contributed by atoms with Crippen LogP contribution in [0.15, 0.2) is 103 Å². The number of carbonyl (C=O) groups is 3. The quantitative estimate of drug-likeness (QED) is 0.286. The van der Waals surface area contributed by atoms with Crippen LogP contribution in [-0.4, -0.2) is 24.4 Å². The number of fused-ring (bicyclic) bond motifs is 5. The number of benzene rings is 3. The average molecular weight is 476 g/mol. The highest BCUT2D eigenvalue weighted by atomic mass is 16.5. The first-order valence-corrected chi connectivity index (χ1v) is 12.3. The topological polar surface area (TPSA) is 63.7 Å². The van der Waals surface area contributed by atoms with Crippen molar-refractivity contribution in [2.75, 3.05) is 11.5 Å². The molecule has 0 spiro atoms. The molecule has 1 heterocycles. The maximum absolute atomic E-state index is 13.9. The third kappa shape index (κ3) is 3.27. The lowest BCUT2D eigenvalue weighted by atomic mass is 9.85. The number of amides is 2. The van der Waals surface area contributed by atoms with Crippen molar-refractivity contribution in [3.63, 3.8) is 0 Å². The Morgan fingerprint density at radius 1 is 0.750 bits per heavy atom. The fourth-order valence-corrected chi connectivity index (χ4v) is 6.09. The number of hydrogen-bond donors (Lipinski definition) is 0. The van der Waals surface area contributed by atoms with Crippen molar-refractivity contribution in [3.8, 4) is 0 Å². The standard InChI is InChI=1S/C31H25NO4/c1-2-36-31(35)21-15-9-10-16-24(21)32-29(33)27-22-17-18-23(28(27)30(32)34)26(22)25(19-11-5-3-6-12-19)20-13-7-4-8-14-20/h3-18,22-23,27-28H,2H2,1H3/t22-,23+,27-,28+. The number of rotatable bonds is 5. The smallest absolute Gasteiger partial charge is 0.340 e. The fourth-order valence-electron chi connectivity index (χ4n) is 6.09. The molecule has 4 atom stereocenters. The third-order valence-electron chi connectivity index (χ3n) is 7.47. The van der Waals surface area contributed by atoms with Gasteiger partial charge in [-0.25, -0.2) is 9.69 Å². The fraction of sp³-hybridized carbons (Fsp3) is 0.194. The summed E-state index contributed by atoms with van der Waals surface area (Å²) in [6, 6.07) is 27.0. The molecule has 1 saturated heterocycles. The lowest BCUT2D eigenvalue weighted by molar-refractivity contribution is -0.122. The number of carbonyl (C=O) groups excluding carboxylic acids is 3. The van der Waals surface area contributed by atoms with Crippen LogP contribution in [0.2, 0.25) is 0 Å². The van der Waals surface area contributed by atoms with Gasteiger partial charge in [-0.05, 0) is 41.3 Å². The highest BCUT2D eigenvalue weighted by molar-refractivity contribution is 6.25. The molecule has 0 aromatic heterocycles. The van der Waals surface area contributed by atoms with Gasteiger partial charge in [-0.1, -0.05) is 84.9 Å². The molecule has 5 heteroatoms. The second-order valence-electron chi connectivity index (χ2n) is 9.30. The molecule has 2 bridgehead atoms. The number of anilines is 1. The Bertz CT molecular complexity index is 1350. The molecule has 3 aliphatic rings. The van der Waals surface area contributed by atoms with Crippen LogP contribution < -0.4 is 4.90 Å². The van der Waals surface area contributed by atoms with Crippen molar-refractivity contribution < 1.29 is 19.1 Å². The van der Waals surface area contributed by atoms with E-state index in [1.54, 1.807) is 31.2 Å². The predicted molar refractivity (Wildman–Crippen MR) is 137 cm³/mol. The van der Waals surface area contributed by atoms with Crippen LogP contribution in [0, 0.1) is 23.7 Å². The summed E-state index contributed by atoms with van der Waals surface area (Å²) in [6.07, 6.45) is 4.16. The van der Waals surface area contributed by atoms with Crippen LogP contribution in [0.3, 0.4) is 0 Å². The Balaban J connectivity index is 1.45. The third-order valence-corrected chi connectivity index (χ3v) is 7.47. The number of esters is 1. The van der Waals surface area contributed by atoms with Gasteiger partial charge in [0.2, 0.25) is 11.8 Å². The van der Waals surface area contributed by atoms with Gasteiger partial charge < -0.3 is 4.74 Å². The molecular weight excluding hydrogens is 450 g/mol. The summed E-state index contributed by atoms with van der Waals surface area (Å²) < 4.78 is 5.19. The van der Waals surface area contributed by atoms with Crippen LogP contribution in [0.4, 0.5) is 5.69 Å². The Morgan fingerprint density at radius 2 is 1.25 bits per heavy atom. The zero-order valence-electron chi connectivity index (χ0n) is 19.8. The van der Waals surface area contributed by atoms with Crippen LogP contribution >= 0.6 is 0 Å². The predicted octanol–water partition coefficient (Wildman–Crippen LogP) is 5.29. The lowest BCUT2D eigenvalue weighted by Crippen LogP contribution is -2.34. The van der Waals surface area contributed by atoms with E-state index < -0.39 is 17.8 Å². The van der Waals surface area contributed by atoms with Crippen molar-refractivity contribution in [1.29, 1.82) is 0 Å². The lowest BCUT2D eigenvalue weighted by Gasteiger charge is -2.22. The van der Waals surface area contributed by atoms with Crippen LogP contribution in [-0.2, 0) is 14.3 Å². The number of para-hydroxylation sites is 1. The Morgan fingerprint density at radius 3 is 1.78 bits per heavy atom. The normalized spacial score (nSPS) is 23.8. The molecule has 178 valence electrons. The molecule has 1 aliphatic heterocycles. The first kappa shape index (κ1) is 22.2. The van der Waals surface area contributed by atoms with Gasteiger partial charge in [0, 0.05) is 11.8 Å². The molecule has 3 aromatic carbocycles. The van der Waals surface area contributed by atoms with Crippen molar-refractivity contribution in [3.05, 3.63) is 119 Å².